The summed E-state index contributed by atoms with van der Waals surface area (Å²) < 4.78 is 0.579. The van der Waals surface area contributed by atoms with E-state index in [0.29, 0.717) is 16.8 Å². The molecule has 0 bridgehead atoms. The van der Waals surface area contributed by atoms with E-state index >= 15 is 0 Å². The third-order valence-electron chi connectivity index (χ3n) is 2.70. The van der Waals surface area contributed by atoms with Crippen molar-refractivity contribution in [3.05, 3.63) is 17.0 Å². The lowest BCUT2D eigenvalue weighted by molar-refractivity contribution is -0.123. The number of aromatic nitrogens is 2. The first kappa shape index (κ1) is 8.96. The van der Waals surface area contributed by atoms with Crippen LogP contribution in [0.3, 0.4) is 0 Å². The number of imide groups is 1. The molecule has 1 aromatic heterocycles. The maximum Gasteiger partial charge on any atom is 0.238 e. The lowest BCUT2D eigenvalue weighted by Gasteiger charge is -2.14. The Morgan fingerprint density at radius 2 is 1.87 bits per heavy atom. The van der Waals surface area contributed by atoms with Gasteiger partial charge in [0.25, 0.3) is 0 Å². The van der Waals surface area contributed by atoms with Gasteiger partial charge in [0.05, 0.1) is 24.2 Å². The molecule has 76 valence electrons. The summed E-state index contributed by atoms with van der Waals surface area (Å²) in [6, 6.07) is 0. The average Bonchev–Trinajstić information content (AvgIpc) is 2.96. The number of rotatable bonds is 1. The maximum atomic E-state index is 11.7. The van der Waals surface area contributed by atoms with E-state index in [0.717, 1.165) is 4.90 Å². The summed E-state index contributed by atoms with van der Waals surface area (Å²) in [6.07, 6.45) is 3.60. The number of piperidine rings is 1. The van der Waals surface area contributed by atoms with E-state index in [1.165, 1.54) is 12.4 Å². The molecule has 5 nitrogen and oxygen atoms in total. The second-order valence-electron chi connectivity index (χ2n) is 3.66. The normalized spacial score (nSPS) is 28.2. The fourth-order valence-corrected chi connectivity index (χ4v) is 2.03. The van der Waals surface area contributed by atoms with Gasteiger partial charge in [-0.1, -0.05) is 0 Å². The van der Waals surface area contributed by atoms with Gasteiger partial charge in [-0.25, -0.2) is 14.9 Å². The fraction of sp³-hybridized carbons (Fsp3) is 0.333. The van der Waals surface area contributed by atoms with Gasteiger partial charge in [0.15, 0.2) is 5.82 Å². The topological polar surface area (TPSA) is 63.2 Å². The lowest BCUT2D eigenvalue weighted by Crippen LogP contribution is -2.33. The molecule has 2 unspecified atom stereocenters. The van der Waals surface area contributed by atoms with Gasteiger partial charge in [0.1, 0.15) is 4.60 Å². The summed E-state index contributed by atoms with van der Waals surface area (Å²) >= 11 is 3.14. The summed E-state index contributed by atoms with van der Waals surface area (Å²) in [7, 11) is 0. The minimum atomic E-state index is -0.137. The van der Waals surface area contributed by atoms with Crippen molar-refractivity contribution in [1.82, 2.24) is 9.97 Å². The SMILES string of the molecule is O=C1C2CC2C(=O)N1c1cnc(Br)cn1. The Hall–Kier alpha value is -1.30. The van der Waals surface area contributed by atoms with Gasteiger partial charge >= 0.3 is 0 Å². The van der Waals surface area contributed by atoms with E-state index in [-0.39, 0.29) is 23.7 Å². The van der Waals surface area contributed by atoms with Gasteiger partial charge in [-0.2, -0.15) is 0 Å². The molecule has 1 aliphatic heterocycles. The molecular weight excluding hydrogens is 262 g/mol. The smallest absolute Gasteiger partial charge is 0.238 e. The Bertz CT molecular complexity index is 439. The van der Waals surface area contributed by atoms with Crippen LogP contribution in [0.4, 0.5) is 5.82 Å². The van der Waals surface area contributed by atoms with Gasteiger partial charge in [-0.3, -0.25) is 9.59 Å². The summed E-state index contributed by atoms with van der Waals surface area (Å²) in [5, 5.41) is 0. The van der Waals surface area contributed by atoms with Crippen LogP contribution < -0.4 is 4.90 Å². The Kier molecular flexibility index (Phi) is 1.70. The van der Waals surface area contributed by atoms with Crippen LogP contribution in [0.2, 0.25) is 0 Å². The molecule has 2 aliphatic rings. The minimum Gasteiger partial charge on any atom is -0.274 e. The van der Waals surface area contributed by atoms with E-state index in [1.54, 1.807) is 0 Å². The van der Waals surface area contributed by atoms with Crippen molar-refractivity contribution >= 4 is 33.6 Å². The van der Waals surface area contributed by atoms with Crippen molar-refractivity contribution in [2.75, 3.05) is 4.90 Å². The van der Waals surface area contributed by atoms with Crippen molar-refractivity contribution < 1.29 is 9.59 Å². The zero-order valence-electron chi connectivity index (χ0n) is 7.55. The molecule has 0 aromatic carbocycles. The number of halogens is 1. The molecule has 3 rings (SSSR count). The Morgan fingerprint density at radius 1 is 1.20 bits per heavy atom. The molecule has 1 saturated heterocycles. The van der Waals surface area contributed by atoms with Crippen LogP contribution in [0.25, 0.3) is 0 Å². The highest BCUT2D eigenvalue weighted by Gasteiger charge is 2.59. The Labute approximate surface area is 93.6 Å². The van der Waals surface area contributed by atoms with Crippen LogP contribution in [0, 0.1) is 11.8 Å². The molecule has 2 fully saturated rings. The zero-order valence-corrected chi connectivity index (χ0v) is 9.14. The maximum absolute atomic E-state index is 11.7. The molecular formula is C9H6BrN3O2. The standard InChI is InChI=1S/C9H6BrN3O2/c10-6-2-12-7(3-11-6)13-8(14)4-1-5(4)9(13)15/h2-5H,1H2. The summed E-state index contributed by atoms with van der Waals surface area (Å²) in [5.74, 6) is -0.144. The number of amides is 2. The first-order valence-corrected chi connectivity index (χ1v) is 5.33. The van der Waals surface area contributed by atoms with Gasteiger partial charge in [0, 0.05) is 0 Å². The second kappa shape index (κ2) is 2.85. The summed E-state index contributed by atoms with van der Waals surface area (Å²) in [5.41, 5.74) is 0. The van der Waals surface area contributed by atoms with Gasteiger partial charge in [0.2, 0.25) is 11.8 Å². The fourth-order valence-electron chi connectivity index (χ4n) is 1.83. The first-order valence-electron chi connectivity index (χ1n) is 4.54. The molecule has 2 amide bonds. The van der Waals surface area contributed by atoms with Crippen LogP contribution in [0.5, 0.6) is 0 Å². The van der Waals surface area contributed by atoms with Crippen molar-refractivity contribution in [3.8, 4) is 0 Å². The highest BCUT2D eigenvalue weighted by atomic mass is 79.9. The largest absolute Gasteiger partial charge is 0.274 e. The van der Waals surface area contributed by atoms with Crippen molar-refractivity contribution in [3.63, 3.8) is 0 Å². The number of hydrogen-bond donors (Lipinski definition) is 0. The zero-order chi connectivity index (χ0) is 10.6. The molecule has 1 aliphatic carbocycles. The molecule has 0 spiro atoms. The summed E-state index contributed by atoms with van der Waals surface area (Å²) in [4.78, 5) is 32.4. The number of hydrogen-bond acceptors (Lipinski definition) is 4. The number of nitrogens with zero attached hydrogens (tertiary/aromatic N) is 3. The van der Waals surface area contributed by atoms with Crippen molar-refractivity contribution in [2.24, 2.45) is 11.8 Å². The van der Waals surface area contributed by atoms with Crippen molar-refractivity contribution in [2.45, 2.75) is 6.42 Å². The number of fused-ring (bicyclic) bond motifs is 1. The van der Waals surface area contributed by atoms with Crippen LogP contribution >= 0.6 is 15.9 Å². The van der Waals surface area contributed by atoms with Gasteiger partial charge in [-0.15, -0.1) is 0 Å². The quantitative estimate of drug-likeness (QED) is 0.705. The van der Waals surface area contributed by atoms with E-state index in [2.05, 4.69) is 25.9 Å². The van der Waals surface area contributed by atoms with Crippen LogP contribution in [-0.2, 0) is 9.59 Å². The molecule has 2 heterocycles. The first-order chi connectivity index (χ1) is 7.18. The van der Waals surface area contributed by atoms with E-state index in [1.807, 2.05) is 0 Å². The number of anilines is 1. The monoisotopic (exact) mass is 267 g/mol. The van der Waals surface area contributed by atoms with E-state index < -0.39 is 0 Å². The Morgan fingerprint density at radius 3 is 2.40 bits per heavy atom. The highest BCUT2D eigenvalue weighted by molar-refractivity contribution is 9.10. The predicted octanol–water partition coefficient (Wildman–Crippen LogP) is 0.748. The van der Waals surface area contributed by atoms with Gasteiger partial charge < -0.3 is 0 Å². The van der Waals surface area contributed by atoms with Crippen LogP contribution in [0.15, 0.2) is 17.0 Å². The molecule has 2 atom stereocenters. The van der Waals surface area contributed by atoms with Gasteiger partial charge in [-0.05, 0) is 22.4 Å². The Balaban J connectivity index is 1.98. The van der Waals surface area contributed by atoms with Crippen LogP contribution in [-0.4, -0.2) is 21.8 Å². The molecule has 6 heteroatoms. The van der Waals surface area contributed by atoms with E-state index in [4.69, 9.17) is 0 Å². The molecule has 1 saturated carbocycles. The molecule has 0 N–H and O–H groups in total. The lowest BCUT2D eigenvalue weighted by atomic mass is 10.4. The van der Waals surface area contributed by atoms with Crippen LogP contribution in [0.1, 0.15) is 6.42 Å². The number of carbonyl (C=O) groups is 2. The number of carbonyl (C=O) groups excluding carboxylic acids is 2. The molecule has 0 radical (unpaired) electrons. The summed E-state index contributed by atoms with van der Waals surface area (Å²) in [6.45, 7) is 0. The van der Waals surface area contributed by atoms with Crippen molar-refractivity contribution in [1.29, 1.82) is 0 Å². The van der Waals surface area contributed by atoms with E-state index in [9.17, 15) is 9.59 Å². The predicted molar refractivity (Wildman–Crippen MR) is 53.8 cm³/mol. The molecule has 15 heavy (non-hydrogen) atoms. The average molecular weight is 268 g/mol. The third-order valence-corrected chi connectivity index (χ3v) is 3.11. The second-order valence-corrected chi connectivity index (χ2v) is 4.47. The third kappa shape index (κ3) is 1.21. The molecule has 1 aromatic rings. The minimum absolute atomic E-state index is 0.0945. The highest BCUT2D eigenvalue weighted by Crippen LogP contribution is 2.47.